The molecule has 3 aromatic rings. The van der Waals surface area contributed by atoms with Gasteiger partial charge < -0.3 is 20.4 Å². The zero-order valence-electron chi connectivity index (χ0n) is 20.8. The quantitative estimate of drug-likeness (QED) is 0.419. The van der Waals surface area contributed by atoms with E-state index in [2.05, 4.69) is 15.5 Å². The van der Waals surface area contributed by atoms with Gasteiger partial charge in [0.15, 0.2) is 0 Å². The molecule has 0 saturated carbocycles. The van der Waals surface area contributed by atoms with E-state index in [0.717, 1.165) is 16.8 Å². The van der Waals surface area contributed by atoms with Crippen molar-refractivity contribution in [3.8, 4) is 0 Å². The Morgan fingerprint density at radius 2 is 1.62 bits per heavy atom. The molecule has 3 aromatic carbocycles. The van der Waals surface area contributed by atoms with Gasteiger partial charge in [-0.2, -0.15) is 0 Å². The van der Waals surface area contributed by atoms with Crippen LogP contribution < -0.4 is 10.6 Å². The van der Waals surface area contributed by atoms with Gasteiger partial charge in [0.05, 0.1) is 0 Å². The van der Waals surface area contributed by atoms with Crippen molar-refractivity contribution in [2.75, 3.05) is 49.9 Å². The molecule has 1 saturated heterocycles. The number of urea groups is 2. The Kier molecular flexibility index (Phi) is 8.98. The Hall–Kier alpha value is -3.62. The maximum absolute atomic E-state index is 13.4. The van der Waals surface area contributed by atoms with E-state index in [1.807, 2.05) is 31.2 Å². The summed E-state index contributed by atoms with van der Waals surface area (Å²) in [5, 5.41) is 6.38. The number of hydrogen-bond acceptors (Lipinski definition) is 3. The van der Waals surface area contributed by atoms with Crippen molar-refractivity contribution >= 4 is 35.0 Å². The predicted octanol–water partition coefficient (Wildman–Crippen LogP) is 5.67. The molecule has 4 amide bonds. The fourth-order valence-electron chi connectivity index (χ4n) is 4.11. The molecule has 1 heterocycles. The van der Waals surface area contributed by atoms with Crippen LogP contribution in [0.1, 0.15) is 11.1 Å². The number of nitrogens with zero attached hydrogens (tertiary/aromatic N) is 3. The molecule has 194 valence electrons. The van der Waals surface area contributed by atoms with E-state index in [1.54, 1.807) is 46.2 Å². The van der Waals surface area contributed by atoms with Crippen molar-refractivity contribution in [3.05, 3.63) is 94.8 Å². The fraction of sp³-hybridized carbons (Fsp3) is 0.286. The smallest absolute Gasteiger partial charge is 0.322 e. The van der Waals surface area contributed by atoms with E-state index in [0.29, 0.717) is 56.5 Å². The second-order valence-electron chi connectivity index (χ2n) is 9.11. The minimum Gasteiger partial charge on any atom is -0.322 e. The topological polar surface area (TPSA) is 67.9 Å². The van der Waals surface area contributed by atoms with Gasteiger partial charge >= 0.3 is 12.1 Å². The lowest BCUT2D eigenvalue weighted by Crippen LogP contribution is -2.51. The summed E-state index contributed by atoms with van der Waals surface area (Å²) in [6.07, 6.45) is 0. The number of nitrogens with one attached hydrogen (secondary N) is 2. The zero-order chi connectivity index (χ0) is 26.2. The highest BCUT2D eigenvalue weighted by atomic mass is 35.5. The van der Waals surface area contributed by atoms with E-state index in [4.69, 9.17) is 11.6 Å². The number of piperazine rings is 1. The number of rotatable bonds is 7. The van der Waals surface area contributed by atoms with E-state index in [-0.39, 0.29) is 17.9 Å². The van der Waals surface area contributed by atoms with Crippen molar-refractivity contribution in [2.45, 2.75) is 13.5 Å². The van der Waals surface area contributed by atoms with Gasteiger partial charge in [0.25, 0.3) is 0 Å². The lowest BCUT2D eigenvalue weighted by Gasteiger charge is -2.35. The predicted molar refractivity (Wildman–Crippen MR) is 145 cm³/mol. The van der Waals surface area contributed by atoms with Crippen LogP contribution >= 0.6 is 11.6 Å². The molecule has 7 nitrogen and oxygen atoms in total. The van der Waals surface area contributed by atoms with Crippen LogP contribution in [0, 0.1) is 12.7 Å². The zero-order valence-corrected chi connectivity index (χ0v) is 21.5. The molecule has 0 spiro atoms. The maximum Gasteiger partial charge on any atom is 0.322 e. The van der Waals surface area contributed by atoms with Gasteiger partial charge in [0.2, 0.25) is 0 Å². The summed E-state index contributed by atoms with van der Waals surface area (Å²) < 4.78 is 13.4. The molecule has 0 bridgehead atoms. The van der Waals surface area contributed by atoms with Gasteiger partial charge in [-0.25, -0.2) is 14.0 Å². The molecule has 0 aromatic heterocycles. The van der Waals surface area contributed by atoms with Gasteiger partial charge in [-0.05, 0) is 55.0 Å². The molecule has 0 aliphatic carbocycles. The van der Waals surface area contributed by atoms with E-state index in [9.17, 15) is 14.0 Å². The van der Waals surface area contributed by atoms with E-state index < -0.39 is 0 Å². The van der Waals surface area contributed by atoms with Crippen molar-refractivity contribution < 1.29 is 14.0 Å². The van der Waals surface area contributed by atoms with Crippen molar-refractivity contribution in [2.24, 2.45) is 0 Å². The number of halogens is 2. The molecule has 0 unspecified atom stereocenters. The third-order valence-corrected chi connectivity index (χ3v) is 6.53. The van der Waals surface area contributed by atoms with E-state index in [1.165, 1.54) is 12.1 Å². The summed E-state index contributed by atoms with van der Waals surface area (Å²) in [7, 11) is 0. The highest BCUT2D eigenvalue weighted by molar-refractivity contribution is 6.30. The van der Waals surface area contributed by atoms with Gasteiger partial charge in [-0.1, -0.05) is 47.5 Å². The molecular weight excluding hydrogens is 493 g/mol. The minimum atomic E-state index is -0.317. The number of hydrogen-bond donors (Lipinski definition) is 2. The monoisotopic (exact) mass is 523 g/mol. The van der Waals surface area contributed by atoms with Crippen LogP contribution in [0.25, 0.3) is 0 Å². The maximum atomic E-state index is 13.4. The third kappa shape index (κ3) is 7.93. The first-order valence-electron chi connectivity index (χ1n) is 12.3. The number of carbonyl (C=O) groups is 2. The Balaban J connectivity index is 1.31. The normalized spacial score (nSPS) is 13.8. The second-order valence-corrected chi connectivity index (χ2v) is 9.55. The first-order chi connectivity index (χ1) is 17.9. The first kappa shape index (κ1) is 26.4. The number of anilines is 2. The number of carbonyl (C=O) groups excluding carboxylic acids is 2. The van der Waals surface area contributed by atoms with Crippen LogP contribution in [0.5, 0.6) is 0 Å². The summed E-state index contributed by atoms with van der Waals surface area (Å²) in [6.45, 7) is 6.09. The summed E-state index contributed by atoms with van der Waals surface area (Å²) in [6, 6.07) is 20.5. The van der Waals surface area contributed by atoms with Crippen LogP contribution in [0.3, 0.4) is 0 Å². The van der Waals surface area contributed by atoms with Crippen LogP contribution in [-0.4, -0.2) is 66.0 Å². The molecule has 0 atom stereocenters. The number of benzene rings is 3. The fourth-order valence-corrected chi connectivity index (χ4v) is 4.30. The molecule has 1 aliphatic heterocycles. The summed E-state index contributed by atoms with van der Waals surface area (Å²) in [5.41, 5.74) is 3.36. The standard InChI is InChI=1S/C28H31ClFN5O2/c1-21-5-11-25(12-6-21)31-27(36)34-16-13-33(14-17-34)15-18-35(20-22-7-9-24(30)10-8-22)28(37)32-26-4-2-3-23(29)19-26/h2-12,19H,13-18,20H2,1H3,(H,31,36)(H,32,37). The lowest BCUT2D eigenvalue weighted by molar-refractivity contribution is 0.136. The molecule has 1 aliphatic rings. The van der Waals surface area contributed by atoms with Crippen molar-refractivity contribution in [1.29, 1.82) is 0 Å². The van der Waals surface area contributed by atoms with Crippen molar-refractivity contribution in [3.63, 3.8) is 0 Å². The second kappa shape index (κ2) is 12.6. The highest BCUT2D eigenvalue weighted by Gasteiger charge is 2.23. The Morgan fingerprint density at radius 1 is 0.919 bits per heavy atom. The Labute approximate surface area is 221 Å². The summed E-state index contributed by atoms with van der Waals surface area (Å²) >= 11 is 6.06. The van der Waals surface area contributed by atoms with Gasteiger partial charge in [0.1, 0.15) is 5.82 Å². The molecular formula is C28H31ClFN5O2. The average Bonchev–Trinajstić information content (AvgIpc) is 2.89. The van der Waals surface area contributed by atoms with E-state index >= 15 is 0 Å². The molecule has 0 radical (unpaired) electrons. The largest absolute Gasteiger partial charge is 0.322 e. The SMILES string of the molecule is Cc1ccc(NC(=O)N2CCN(CCN(Cc3ccc(F)cc3)C(=O)Nc3cccc(Cl)c3)CC2)cc1. The summed E-state index contributed by atoms with van der Waals surface area (Å²) in [4.78, 5) is 31.5. The van der Waals surface area contributed by atoms with Crippen LogP contribution in [0.15, 0.2) is 72.8 Å². The Morgan fingerprint density at radius 3 is 2.30 bits per heavy atom. The van der Waals surface area contributed by atoms with Gasteiger partial charge in [0, 0.05) is 62.2 Å². The average molecular weight is 524 g/mol. The molecule has 4 rings (SSSR count). The molecule has 1 fully saturated rings. The van der Waals surface area contributed by atoms with Crippen LogP contribution in [0.4, 0.5) is 25.4 Å². The highest BCUT2D eigenvalue weighted by Crippen LogP contribution is 2.17. The van der Waals surface area contributed by atoms with Gasteiger partial charge in [-0.3, -0.25) is 4.90 Å². The van der Waals surface area contributed by atoms with Crippen LogP contribution in [0.2, 0.25) is 5.02 Å². The lowest BCUT2D eigenvalue weighted by atomic mass is 10.2. The first-order valence-corrected chi connectivity index (χ1v) is 12.6. The molecule has 37 heavy (non-hydrogen) atoms. The Bertz CT molecular complexity index is 1200. The van der Waals surface area contributed by atoms with Crippen molar-refractivity contribution in [1.82, 2.24) is 14.7 Å². The third-order valence-electron chi connectivity index (χ3n) is 6.30. The summed E-state index contributed by atoms with van der Waals surface area (Å²) in [5.74, 6) is -0.317. The number of aryl methyl sites for hydroxylation is 1. The minimum absolute atomic E-state index is 0.109. The molecule has 2 N–H and O–H groups in total. The number of amides is 4. The van der Waals surface area contributed by atoms with Gasteiger partial charge in [-0.15, -0.1) is 0 Å². The molecule has 9 heteroatoms. The van der Waals surface area contributed by atoms with Crippen LogP contribution in [-0.2, 0) is 6.54 Å².